The quantitative estimate of drug-likeness (QED) is 0.834. The third kappa shape index (κ3) is 4.60. The summed E-state index contributed by atoms with van der Waals surface area (Å²) in [5.74, 6) is 2.20. The van der Waals surface area contributed by atoms with E-state index in [-0.39, 0.29) is 6.09 Å². The fraction of sp³-hybridized carbons (Fsp3) is 0.556. The van der Waals surface area contributed by atoms with Crippen LogP contribution in [-0.2, 0) is 4.74 Å². The molecular formula is C18H25N3O3S. The highest BCUT2D eigenvalue weighted by molar-refractivity contribution is 7.99. The topological polar surface area (TPSA) is 67.4 Å². The van der Waals surface area contributed by atoms with E-state index in [1.807, 2.05) is 39.0 Å². The van der Waals surface area contributed by atoms with Crippen molar-refractivity contribution in [2.24, 2.45) is 5.92 Å². The highest BCUT2D eigenvalue weighted by atomic mass is 32.2. The van der Waals surface area contributed by atoms with Crippen molar-refractivity contribution >= 4 is 28.9 Å². The number of methoxy groups -OCH3 is 1. The minimum atomic E-state index is -0.445. The van der Waals surface area contributed by atoms with Gasteiger partial charge in [-0.2, -0.15) is 0 Å². The van der Waals surface area contributed by atoms with Crippen molar-refractivity contribution < 1.29 is 14.3 Å². The van der Waals surface area contributed by atoms with Crippen molar-refractivity contribution in [2.75, 3.05) is 26.0 Å². The number of carbonyl (C=O) groups is 1. The number of likely N-dealkylation sites (tertiary alicyclic amines) is 1. The van der Waals surface area contributed by atoms with E-state index in [4.69, 9.17) is 9.47 Å². The van der Waals surface area contributed by atoms with Gasteiger partial charge in [-0.25, -0.2) is 9.78 Å². The predicted molar refractivity (Wildman–Crippen MR) is 99.3 cm³/mol. The zero-order chi connectivity index (χ0) is 18.0. The summed E-state index contributed by atoms with van der Waals surface area (Å²) in [4.78, 5) is 21.9. The van der Waals surface area contributed by atoms with E-state index in [0.717, 1.165) is 47.2 Å². The van der Waals surface area contributed by atoms with Crippen LogP contribution in [0.5, 0.6) is 5.75 Å². The van der Waals surface area contributed by atoms with E-state index in [9.17, 15) is 4.79 Å². The lowest BCUT2D eigenvalue weighted by Gasteiger charge is -2.24. The molecule has 1 aliphatic rings. The molecule has 0 spiro atoms. The van der Waals surface area contributed by atoms with Gasteiger partial charge in [-0.15, -0.1) is 0 Å². The Hall–Kier alpha value is -1.89. The standard InChI is InChI=1S/C18H25N3O3S/c1-18(2,3)24-17(22)21-8-7-12(10-21)11-25-16-19-14-6-5-13(23-4)9-15(14)20-16/h5-6,9,12H,7-8,10-11H2,1-4H3,(H,19,20). The van der Waals surface area contributed by atoms with E-state index in [2.05, 4.69) is 9.97 Å². The highest BCUT2D eigenvalue weighted by Gasteiger charge is 2.29. The smallest absolute Gasteiger partial charge is 0.410 e. The monoisotopic (exact) mass is 363 g/mol. The van der Waals surface area contributed by atoms with Gasteiger partial charge in [0.2, 0.25) is 0 Å². The van der Waals surface area contributed by atoms with Gasteiger partial charge in [0, 0.05) is 24.9 Å². The Balaban J connectivity index is 1.53. The van der Waals surface area contributed by atoms with Gasteiger partial charge in [0.05, 0.1) is 18.1 Å². The molecule has 1 unspecified atom stereocenters. The van der Waals surface area contributed by atoms with Crippen molar-refractivity contribution in [1.82, 2.24) is 14.9 Å². The number of aromatic nitrogens is 2. The Labute approximate surface area is 152 Å². The molecule has 2 aromatic rings. The lowest BCUT2D eigenvalue weighted by atomic mass is 10.2. The molecule has 3 rings (SSSR count). The molecule has 7 heteroatoms. The molecule has 1 fully saturated rings. The first-order valence-corrected chi connectivity index (χ1v) is 9.47. The summed E-state index contributed by atoms with van der Waals surface area (Å²) >= 11 is 1.70. The summed E-state index contributed by atoms with van der Waals surface area (Å²) in [6, 6.07) is 5.81. The molecule has 0 aliphatic carbocycles. The molecule has 6 nitrogen and oxygen atoms in total. The second kappa shape index (κ2) is 7.15. The predicted octanol–water partition coefficient (Wildman–Crippen LogP) is 3.92. The van der Waals surface area contributed by atoms with Crippen LogP contribution in [0.1, 0.15) is 27.2 Å². The van der Waals surface area contributed by atoms with Gasteiger partial charge in [-0.1, -0.05) is 11.8 Å². The van der Waals surface area contributed by atoms with Gasteiger partial charge in [0.1, 0.15) is 11.4 Å². The van der Waals surface area contributed by atoms with Gasteiger partial charge >= 0.3 is 6.09 Å². The Bertz CT molecular complexity index is 754. The third-order valence-corrected chi connectivity index (χ3v) is 5.17. The number of aromatic amines is 1. The van der Waals surface area contributed by atoms with Crippen molar-refractivity contribution in [2.45, 2.75) is 37.9 Å². The molecule has 1 aromatic carbocycles. The number of hydrogen-bond acceptors (Lipinski definition) is 5. The number of thioether (sulfide) groups is 1. The van der Waals surface area contributed by atoms with Gasteiger partial charge < -0.3 is 19.4 Å². The summed E-state index contributed by atoms with van der Waals surface area (Å²) in [6.45, 7) is 7.19. The maximum Gasteiger partial charge on any atom is 0.410 e. The summed E-state index contributed by atoms with van der Waals surface area (Å²) in [5.41, 5.74) is 1.47. The Morgan fingerprint density at radius 3 is 2.96 bits per heavy atom. The molecule has 0 radical (unpaired) electrons. The van der Waals surface area contributed by atoms with Gasteiger partial charge in [-0.05, 0) is 45.2 Å². The van der Waals surface area contributed by atoms with E-state index in [1.54, 1.807) is 23.8 Å². The van der Waals surface area contributed by atoms with Crippen LogP contribution in [0, 0.1) is 5.92 Å². The summed E-state index contributed by atoms with van der Waals surface area (Å²) in [6.07, 6.45) is 0.788. The van der Waals surface area contributed by atoms with Gasteiger partial charge in [-0.3, -0.25) is 0 Å². The van der Waals surface area contributed by atoms with Crippen LogP contribution in [0.15, 0.2) is 23.4 Å². The number of imidazole rings is 1. The van der Waals surface area contributed by atoms with Crippen molar-refractivity contribution in [3.05, 3.63) is 18.2 Å². The summed E-state index contributed by atoms with van der Waals surface area (Å²) in [5, 5.41) is 0.902. The normalized spacial score (nSPS) is 17.9. The van der Waals surface area contributed by atoms with Crippen LogP contribution in [0.2, 0.25) is 0 Å². The Morgan fingerprint density at radius 1 is 1.44 bits per heavy atom. The van der Waals surface area contributed by atoms with E-state index >= 15 is 0 Å². The summed E-state index contributed by atoms with van der Waals surface area (Å²) < 4.78 is 10.7. The average molecular weight is 363 g/mol. The van der Waals surface area contributed by atoms with E-state index in [1.165, 1.54) is 0 Å². The first kappa shape index (κ1) is 17.9. The number of rotatable bonds is 4. The van der Waals surface area contributed by atoms with Crippen LogP contribution in [-0.4, -0.2) is 52.5 Å². The number of carbonyl (C=O) groups excluding carboxylic acids is 1. The molecule has 0 bridgehead atoms. The number of H-pyrrole nitrogens is 1. The van der Waals surface area contributed by atoms with Crippen LogP contribution >= 0.6 is 11.8 Å². The van der Waals surface area contributed by atoms with Gasteiger partial charge in [0.15, 0.2) is 5.16 Å². The fourth-order valence-electron chi connectivity index (χ4n) is 2.82. The minimum Gasteiger partial charge on any atom is -0.497 e. The molecule has 0 saturated carbocycles. The van der Waals surface area contributed by atoms with E-state index < -0.39 is 5.60 Å². The number of amides is 1. The second-order valence-electron chi connectivity index (χ2n) is 7.32. The Kier molecular flexibility index (Phi) is 5.13. The van der Waals surface area contributed by atoms with Crippen LogP contribution in [0.25, 0.3) is 11.0 Å². The summed E-state index contributed by atoms with van der Waals surface area (Å²) in [7, 11) is 1.66. The van der Waals surface area contributed by atoms with Crippen LogP contribution in [0.3, 0.4) is 0 Å². The zero-order valence-electron chi connectivity index (χ0n) is 15.2. The minimum absolute atomic E-state index is 0.212. The Morgan fingerprint density at radius 2 is 2.24 bits per heavy atom. The molecule has 136 valence electrons. The largest absolute Gasteiger partial charge is 0.497 e. The maximum atomic E-state index is 12.1. The number of benzene rings is 1. The lowest BCUT2D eigenvalue weighted by molar-refractivity contribution is 0.0289. The lowest BCUT2D eigenvalue weighted by Crippen LogP contribution is -2.35. The zero-order valence-corrected chi connectivity index (χ0v) is 16.0. The van der Waals surface area contributed by atoms with Crippen molar-refractivity contribution in [3.8, 4) is 5.75 Å². The number of hydrogen-bond donors (Lipinski definition) is 1. The van der Waals surface area contributed by atoms with Crippen molar-refractivity contribution in [3.63, 3.8) is 0 Å². The molecule has 1 aliphatic heterocycles. The first-order valence-electron chi connectivity index (χ1n) is 8.48. The third-order valence-electron chi connectivity index (χ3n) is 4.06. The van der Waals surface area contributed by atoms with E-state index in [0.29, 0.717) is 5.92 Å². The molecule has 1 atom stereocenters. The SMILES string of the molecule is COc1ccc2nc(SCC3CCN(C(=O)OC(C)(C)C)C3)[nH]c2c1. The number of nitrogens with zero attached hydrogens (tertiary/aromatic N) is 2. The highest BCUT2D eigenvalue weighted by Crippen LogP contribution is 2.28. The molecule has 1 amide bonds. The number of nitrogens with one attached hydrogen (secondary N) is 1. The van der Waals surface area contributed by atoms with Crippen molar-refractivity contribution in [1.29, 1.82) is 0 Å². The average Bonchev–Trinajstić information content (AvgIpc) is 3.17. The molecule has 25 heavy (non-hydrogen) atoms. The molecule has 1 aromatic heterocycles. The number of fused-ring (bicyclic) bond motifs is 1. The molecule has 1 saturated heterocycles. The van der Waals surface area contributed by atoms with Crippen LogP contribution in [0.4, 0.5) is 4.79 Å². The molecular weight excluding hydrogens is 338 g/mol. The molecule has 2 heterocycles. The molecule has 1 N–H and O–H groups in total. The van der Waals surface area contributed by atoms with Gasteiger partial charge in [0.25, 0.3) is 0 Å². The maximum absolute atomic E-state index is 12.1. The fourth-order valence-corrected chi connectivity index (χ4v) is 3.83. The number of ether oxygens (including phenoxy) is 2. The second-order valence-corrected chi connectivity index (χ2v) is 8.33. The first-order chi connectivity index (χ1) is 11.8. The van der Waals surface area contributed by atoms with Crippen LogP contribution < -0.4 is 4.74 Å².